The van der Waals surface area contributed by atoms with Gasteiger partial charge in [0.2, 0.25) is 0 Å². The second-order valence-electron chi connectivity index (χ2n) is 6.27. The fourth-order valence-corrected chi connectivity index (χ4v) is 3.36. The van der Waals surface area contributed by atoms with E-state index < -0.39 is 5.97 Å². The van der Waals surface area contributed by atoms with Gasteiger partial charge in [-0.15, -0.1) is 0 Å². The molecule has 0 heterocycles. The van der Waals surface area contributed by atoms with Crippen LogP contribution in [-0.4, -0.2) is 23.4 Å². The van der Waals surface area contributed by atoms with Crippen LogP contribution in [0.15, 0.2) is 66.7 Å². The smallest absolute Gasteiger partial charge is 0.322 e. The van der Waals surface area contributed by atoms with Crippen molar-refractivity contribution in [1.82, 2.24) is 0 Å². The first-order chi connectivity index (χ1) is 14.0. The molecule has 3 aromatic rings. The number of benzene rings is 3. The highest BCUT2D eigenvalue weighted by molar-refractivity contribution is 6.39. The molecule has 0 spiro atoms. The second kappa shape index (κ2) is 9.45. The lowest BCUT2D eigenvalue weighted by Gasteiger charge is -2.15. The second-order valence-corrected chi connectivity index (χ2v) is 7.09. The van der Waals surface area contributed by atoms with Crippen molar-refractivity contribution in [2.75, 3.05) is 17.2 Å². The third kappa shape index (κ3) is 5.28. The van der Waals surface area contributed by atoms with Gasteiger partial charge >= 0.3 is 5.97 Å². The molecule has 0 aromatic heterocycles. The molecule has 0 fully saturated rings. The van der Waals surface area contributed by atoms with Crippen molar-refractivity contribution in [3.63, 3.8) is 0 Å². The van der Waals surface area contributed by atoms with Crippen LogP contribution in [0.25, 0.3) is 0 Å². The summed E-state index contributed by atoms with van der Waals surface area (Å²) >= 11 is 12.5. The summed E-state index contributed by atoms with van der Waals surface area (Å²) in [6, 6.07) is 19.4. The lowest BCUT2D eigenvalue weighted by atomic mass is 10.00. The molecule has 0 saturated carbocycles. The maximum absolute atomic E-state index is 13.0. The predicted molar refractivity (Wildman–Crippen MR) is 117 cm³/mol. The summed E-state index contributed by atoms with van der Waals surface area (Å²) in [5, 5.41) is 15.8. The van der Waals surface area contributed by atoms with Crippen LogP contribution in [0.2, 0.25) is 10.0 Å². The lowest BCUT2D eigenvalue weighted by Crippen LogP contribution is -2.15. The molecule has 0 saturated heterocycles. The molecule has 0 amide bonds. The van der Waals surface area contributed by atoms with Gasteiger partial charge in [0.1, 0.15) is 6.54 Å². The molecule has 3 N–H and O–H groups in total. The van der Waals surface area contributed by atoms with Gasteiger partial charge in [-0.05, 0) is 35.9 Å². The average molecular weight is 429 g/mol. The Labute approximate surface area is 178 Å². The quantitative estimate of drug-likeness (QED) is 0.403. The van der Waals surface area contributed by atoms with Crippen molar-refractivity contribution in [2.45, 2.75) is 6.42 Å². The molecule has 3 aromatic carbocycles. The number of carboxylic acids is 1. The van der Waals surface area contributed by atoms with Gasteiger partial charge in [-0.1, -0.05) is 59.6 Å². The lowest BCUT2D eigenvalue weighted by molar-refractivity contribution is -0.134. The summed E-state index contributed by atoms with van der Waals surface area (Å²) in [6.45, 7) is -0.270. The topological polar surface area (TPSA) is 78.4 Å². The van der Waals surface area contributed by atoms with E-state index in [9.17, 15) is 9.59 Å². The standard InChI is InChI=1S/C22H18Cl2N2O3/c23-16-8-5-9-17(24)22(16)26-18-10-3-1-6-14(18)12-20(27)15-7-2-4-11-19(15)25-13-21(28)29/h1-11,25-26H,12-13H2,(H,28,29). The minimum atomic E-state index is -1.00. The van der Waals surface area contributed by atoms with E-state index in [0.29, 0.717) is 32.7 Å². The number of Topliss-reactive ketones (excluding diaryl/α,β-unsaturated/α-hetero) is 1. The highest BCUT2D eigenvalue weighted by atomic mass is 35.5. The molecule has 0 aliphatic heterocycles. The van der Waals surface area contributed by atoms with Crippen LogP contribution in [0.5, 0.6) is 0 Å². The fraction of sp³-hybridized carbons (Fsp3) is 0.0909. The van der Waals surface area contributed by atoms with Gasteiger partial charge in [0.15, 0.2) is 5.78 Å². The Morgan fingerprint density at radius 3 is 2.14 bits per heavy atom. The van der Waals surface area contributed by atoms with Crippen LogP contribution in [0, 0.1) is 0 Å². The fourth-order valence-electron chi connectivity index (χ4n) is 2.87. The molecule has 0 unspecified atom stereocenters. The number of aliphatic carboxylic acids is 1. The number of hydrogen-bond donors (Lipinski definition) is 3. The van der Waals surface area contributed by atoms with Crippen molar-refractivity contribution in [3.8, 4) is 0 Å². The first kappa shape index (κ1) is 20.7. The number of carboxylic acid groups (broad SMARTS) is 1. The summed E-state index contributed by atoms with van der Waals surface area (Å²) in [5.74, 6) is -1.14. The Morgan fingerprint density at radius 2 is 1.45 bits per heavy atom. The molecule has 5 nitrogen and oxygen atoms in total. The van der Waals surface area contributed by atoms with Crippen molar-refractivity contribution in [3.05, 3.63) is 87.9 Å². The van der Waals surface area contributed by atoms with Crippen molar-refractivity contribution < 1.29 is 14.7 Å². The normalized spacial score (nSPS) is 10.4. The summed E-state index contributed by atoms with van der Waals surface area (Å²) in [6.07, 6.45) is 0.122. The van der Waals surface area contributed by atoms with Crippen LogP contribution in [0.1, 0.15) is 15.9 Å². The zero-order valence-electron chi connectivity index (χ0n) is 15.3. The average Bonchev–Trinajstić information content (AvgIpc) is 2.70. The van der Waals surface area contributed by atoms with Gasteiger partial charge in [0.05, 0.1) is 15.7 Å². The number of para-hydroxylation sites is 3. The van der Waals surface area contributed by atoms with Crippen LogP contribution in [-0.2, 0) is 11.2 Å². The van der Waals surface area contributed by atoms with E-state index in [4.69, 9.17) is 28.3 Å². The molecule has 3 rings (SSSR count). The summed E-state index contributed by atoms with van der Waals surface area (Å²) in [4.78, 5) is 23.8. The molecular weight excluding hydrogens is 411 g/mol. The Kier molecular flexibility index (Phi) is 6.75. The van der Waals surface area contributed by atoms with Gasteiger partial charge in [-0.25, -0.2) is 0 Å². The molecular formula is C22H18Cl2N2O3. The third-order valence-corrected chi connectivity index (χ3v) is 4.88. The van der Waals surface area contributed by atoms with Crippen LogP contribution in [0.4, 0.5) is 17.1 Å². The number of carbonyl (C=O) groups excluding carboxylic acids is 1. The van der Waals surface area contributed by atoms with E-state index in [1.807, 2.05) is 24.3 Å². The van der Waals surface area contributed by atoms with Crippen LogP contribution >= 0.6 is 23.2 Å². The largest absolute Gasteiger partial charge is 0.480 e. The zero-order chi connectivity index (χ0) is 20.8. The van der Waals surface area contributed by atoms with Gasteiger partial charge in [0, 0.05) is 23.4 Å². The number of hydrogen-bond acceptors (Lipinski definition) is 4. The Balaban J connectivity index is 1.85. The van der Waals surface area contributed by atoms with Crippen LogP contribution in [0.3, 0.4) is 0 Å². The third-order valence-electron chi connectivity index (χ3n) is 4.25. The van der Waals surface area contributed by atoms with E-state index in [-0.39, 0.29) is 18.7 Å². The molecule has 29 heavy (non-hydrogen) atoms. The molecule has 148 valence electrons. The number of anilines is 3. The van der Waals surface area contributed by atoms with E-state index in [2.05, 4.69) is 10.6 Å². The maximum atomic E-state index is 13.0. The highest BCUT2D eigenvalue weighted by Gasteiger charge is 2.15. The first-order valence-corrected chi connectivity index (χ1v) is 9.58. The minimum Gasteiger partial charge on any atom is -0.480 e. The first-order valence-electron chi connectivity index (χ1n) is 8.82. The Morgan fingerprint density at radius 1 is 0.828 bits per heavy atom. The van der Waals surface area contributed by atoms with Gasteiger partial charge < -0.3 is 15.7 Å². The number of carbonyl (C=O) groups is 2. The molecule has 0 atom stereocenters. The van der Waals surface area contributed by atoms with Gasteiger partial charge in [-0.2, -0.15) is 0 Å². The van der Waals surface area contributed by atoms with E-state index in [0.717, 1.165) is 5.56 Å². The monoisotopic (exact) mass is 428 g/mol. The predicted octanol–water partition coefficient (Wildman–Crippen LogP) is 5.66. The zero-order valence-corrected chi connectivity index (χ0v) is 16.8. The van der Waals surface area contributed by atoms with Crippen molar-refractivity contribution >= 4 is 52.0 Å². The Bertz CT molecular complexity index is 1030. The van der Waals surface area contributed by atoms with Crippen molar-refractivity contribution in [1.29, 1.82) is 0 Å². The minimum absolute atomic E-state index is 0.122. The van der Waals surface area contributed by atoms with Gasteiger partial charge in [-0.3, -0.25) is 9.59 Å². The molecule has 0 aliphatic rings. The number of ketones is 1. The van der Waals surface area contributed by atoms with Gasteiger partial charge in [0.25, 0.3) is 0 Å². The number of nitrogens with one attached hydrogen (secondary N) is 2. The van der Waals surface area contributed by atoms with E-state index >= 15 is 0 Å². The molecule has 7 heteroatoms. The molecule has 0 radical (unpaired) electrons. The summed E-state index contributed by atoms with van der Waals surface area (Å²) in [7, 11) is 0. The van der Waals surface area contributed by atoms with E-state index in [1.54, 1.807) is 42.5 Å². The summed E-state index contributed by atoms with van der Waals surface area (Å²) in [5.41, 5.74) is 2.96. The van der Waals surface area contributed by atoms with Crippen molar-refractivity contribution in [2.24, 2.45) is 0 Å². The SMILES string of the molecule is O=C(O)CNc1ccccc1C(=O)Cc1ccccc1Nc1c(Cl)cccc1Cl. The van der Waals surface area contributed by atoms with E-state index in [1.165, 1.54) is 0 Å². The number of rotatable bonds is 8. The summed E-state index contributed by atoms with van der Waals surface area (Å²) < 4.78 is 0. The maximum Gasteiger partial charge on any atom is 0.322 e. The number of halogens is 2. The molecule has 0 aliphatic carbocycles. The Hall–Kier alpha value is -3.02. The molecule has 0 bridgehead atoms. The highest BCUT2D eigenvalue weighted by Crippen LogP contribution is 2.34. The van der Waals surface area contributed by atoms with Crippen LogP contribution < -0.4 is 10.6 Å².